The van der Waals surface area contributed by atoms with E-state index >= 15 is 0 Å². The number of rotatable bonds is 3. The lowest BCUT2D eigenvalue weighted by atomic mass is 10.1. The lowest BCUT2D eigenvalue weighted by molar-refractivity contribution is 0.0277. The molecule has 4 heteroatoms. The van der Waals surface area contributed by atoms with Crippen LogP contribution in [-0.2, 0) is 9.47 Å². The molecule has 1 N–H and O–H groups in total. The van der Waals surface area contributed by atoms with Crippen molar-refractivity contribution in [3.8, 4) is 0 Å². The minimum atomic E-state index is 0.191. The Morgan fingerprint density at radius 2 is 2.00 bits per heavy atom. The molecule has 1 aromatic rings. The number of anilines is 1. The Kier molecular flexibility index (Phi) is 4.01. The van der Waals surface area contributed by atoms with Gasteiger partial charge in [-0.05, 0) is 30.5 Å². The fourth-order valence-electron chi connectivity index (χ4n) is 2.74. The third-order valence-electron chi connectivity index (χ3n) is 3.94. The van der Waals surface area contributed by atoms with Gasteiger partial charge >= 0.3 is 0 Å². The molecule has 2 heterocycles. The maximum Gasteiger partial charge on any atom is 0.129 e. The first-order valence-corrected chi connectivity index (χ1v) is 7.11. The molecule has 2 aliphatic rings. The second-order valence-corrected chi connectivity index (χ2v) is 5.23. The number of morpholine rings is 1. The molecule has 2 saturated heterocycles. The molecule has 19 heavy (non-hydrogen) atoms. The molecule has 1 aromatic carbocycles. The Labute approximate surface area is 114 Å². The molecule has 104 valence electrons. The highest BCUT2D eigenvalue weighted by Gasteiger charge is 2.21. The Morgan fingerprint density at radius 1 is 1.16 bits per heavy atom. The number of hydrogen-bond donors (Lipinski definition) is 1. The van der Waals surface area contributed by atoms with Gasteiger partial charge in [-0.3, -0.25) is 0 Å². The van der Waals surface area contributed by atoms with Crippen LogP contribution in [0.2, 0.25) is 0 Å². The Bertz CT molecular complexity index is 395. The quantitative estimate of drug-likeness (QED) is 0.902. The van der Waals surface area contributed by atoms with Crippen molar-refractivity contribution in [2.45, 2.75) is 25.2 Å². The number of hydrogen-bond acceptors (Lipinski definition) is 4. The van der Waals surface area contributed by atoms with Crippen LogP contribution in [0.1, 0.15) is 24.5 Å². The number of ether oxygens (including phenoxy) is 2. The van der Waals surface area contributed by atoms with Gasteiger partial charge in [0.05, 0.1) is 12.7 Å². The Balaban J connectivity index is 1.67. The fraction of sp³-hybridized carbons (Fsp3) is 0.600. The fourth-order valence-corrected chi connectivity index (χ4v) is 2.74. The molecule has 0 aromatic heterocycles. The first-order chi connectivity index (χ1) is 9.34. The average molecular weight is 262 g/mol. The number of benzene rings is 1. The second kappa shape index (κ2) is 5.90. The van der Waals surface area contributed by atoms with Crippen molar-refractivity contribution in [2.75, 3.05) is 38.3 Å². The van der Waals surface area contributed by atoms with Crippen LogP contribution in [0, 0.1) is 0 Å². The second-order valence-electron chi connectivity index (χ2n) is 5.23. The number of nitrogens with one attached hydrogen (secondary N) is 1. The lowest BCUT2D eigenvalue weighted by Crippen LogP contribution is -2.33. The van der Waals surface area contributed by atoms with E-state index in [-0.39, 0.29) is 12.3 Å². The van der Waals surface area contributed by atoms with Gasteiger partial charge in [-0.15, -0.1) is 0 Å². The zero-order valence-corrected chi connectivity index (χ0v) is 11.5. The van der Waals surface area contributed by atoms with E-state index in [2.05, 4.69) is 41.5 Å². The SMILES string of the molecule is CN(c1ccc([C@H]2CNCCO2)cc1)C1CCCO1. The molecule has 4 nitrogen and oxygen atoms in total. The van der Waals surface area contributed by atoms with Crippen molar-refractivity contribution in [3.63, 3.8) is 0 Å². The van der Waals surface area contributed by atoms with Gasteiger partial charge < -0.3 is 19.7 Å². The molecular weight excluding hydrogens is 240 g/mol. The van der Waals surface area contributed by atoms with E-state index in [1.165, 1.54) is 11.3 Å². The minimum Gasteiger partial charge on any atom is -0.371 e. The van der Waals surface area contributed by atoms with Crippen LogP contribution in [0.15, 0.2) is 24.3 Å². The largest absolute Gasteiger partial charge is 0.371 e. The average Bonchev–Trinajstić information content (AvgIpc) is 3.02. The van der Waals surface area contributed by atoms with Gasteiger partial charge in [0.2, 0.25) is 0 Å². The van der Waals surface area contributed by atoms with Crippen LogP contribution in [0.5, 0.6) is 0 Å². The van der Waals surface area contributed by atoms with Crippen LogP contribution in [0.4, 0.5) is 5.69 Å². The summed E-state index contributed by atoms with van der Waals surface area (Å²) in [7, 11) is 2.10. The summed E-state index contributed by atoms with van der Waals surface area (Å²) in [5.41, 5.74) is 2.45. The first-order valence-electron chi connectivity index (χ1n) is 7.11. The summed E-state index contributed by atoms with van der Waals surface area (Å²) < 4.78 is 11.5. The highest BCUT2D eigenvalue weighted by Crippen LogP contribution is 2.25. The maximum atomic E-state index is 5.76. The molecule has 0 radical (unpaired) electrons. The topological polar surface area (TPSA) is 33.7 Å². The lowest BCUT2D eigenvalue weighted by Gasteiger charge is -2.27. The molecular formula is C15H22N2O2. The van der Waals surface area contributed by atoms with Crippen LogP contribution < -0.4 is 10.2 Å². The zero-order valence-electron chi connectivity index (χ0n) is 11.5. The zero-order chi connectivity index (χ0) is 13.1. The van der Waals surface area contributed by atoms with Gasteiger partial charge in [0, 0.05) is 32.4 Å². The van der Waals surface area contributed by atoms with Gasteiger partial charge in [0.25, 0.3) is 0 Å². The maximum absolute atomic E-state index is 5.76. The first kappa shape index (κ1) is 12.9. The van der Waals surface area contributed by atoms with Crippen LogP contribution in [-0.4, -0.2) is 39.6 Å². The van der Waals surface area contributed by atoms with Crippen LogP contribution in [0.25, 0.3) is 0 Å². The van der Waals surface area contributed by atoms with Crippen molar-refractivity contribution in [2.24, 2.45) is 0 Å². The van der Waals surface area contributed by atoms with Crippen molar-refractivity contribution in [1.29, 1.82) is 0 Å². The van der Waals surface area contributed by atoms with E-state index in [0.29, 0.717) is 0 Å². The summed E-state index contributed by atoms with van der Waals surface area (Å²) in [6.45, 7) is 3.54. The molecule has 2 fully saturated rings. The number of nitrogens with zero attached hydrogens (tertiary/aromatic N) is 1. The molecule has 1 unspecified atom stereocenters. The van der Waals surface area contributed by atoms with E-state index in [0.717, 1.165) is 39.1 Å². The predicted molar refractivity (Wildman–Crippen MR) is 75.4 cm³/mol. The highest BCUT2D eigenvalue weighted by molar-refractivity contribution is 5.47. The third-order valence-corrected chi connectivity index (χ3v) is 3.94. The molecule has 0 bridgehead atoms. The molecule has 0 aliphatic carbocycles. The summed E-state index contributed by atoms with van der Waals surface area (Å²) in [6.07, 6.45) is 2.71. The molecule has 0 saturated carbocycles. The van der Waals surface area contributed by atoms with Gasteiger partial charge in [0.15, 0.2) is 0 Å². The normalized spacial score (nSPS) is 27.4. The van der Waals surface area contributed by atoms with E-state index < -0.39 is 0 Å². The summed E-state index contributed by atoms with van der Waals surface area (Å²) in [5, 5.41) is 3.36. The molecule has 0 amide bonds. The standard InChI is InChI=1S/C15H22N2O2/c1-17(15-3-2-9-19-15)13-6-4-12(5-7-13)14-11-16-8-10-18-14/h4-7,14-16H,2-3,8-11H2,1H3/t14-,15?/m1/s1. The van der Waals surface area contributed by atoms with E-state index in [1.54, 1.807) is 0 Å². The van der Waals surface area contributed by atoms with Gasteiger partial charge in [-0.25, -0.2) is 0 Å². The summed E-state index contributed by atoms with van der Waals surface area (Å²) >= 11 is 0. The van der Waals surface area contributed by atoms with Crippen LogP contribution >= 0.6 is 0 Å². The highest BCUT2D eigenvalue weighted by atomic mass is 16.5. The van der Waals surface area contributed by atoms with Gasteiger partial charge in [-0.1, -0.05) is 12.1 Å². The van der Waals surface area contributed by atoms with Gasteiger partial charge in [-0.2, -0.15) is 0 Å². The Hall–Kier alpha value is -1.10. The van der Waals surface area contributed by atoms with Crippen LogP contribution in [0.3, 0.4) is 0 Å². The molecule has 2 atom stereocenters. The Morgan fingerprint density at radius 3 is 2.63 bits per heavy atom. The monoisotopic (exact) mass is 262 g/mol. The molecule has 3 rings (SSSR count). The molecule has 0 spiro atoms. The van der Waals surface area contributed by atoms with E-state index in [4.69, 9.17) is 9.47 Å². The summed E-state index contributed by atoms with van der Waals surface area (Å²) in [5.74, 6) is 0. The predicted octanol–water partition coefficient (Wildman–Crippen LogP) is 1.92. The summed E-state index contributed by atoms with van der Waals surface area (Å²) in [6, 6.07) is 8.65. The van der Waals surface area contributed by atoms with Crippen molar-refractivity contribution >= 4 is 5.69 Å². The van der Waals surface area contributed by atoms with Gasteiger partial charge in [0.1, 0.15) is 6.23 Å². The van der Waals surface area contributed by atoms with Crippen molar-refractivity contribution < 1.29 is 9.47 Å². The van der Waals surface area contributed by atoms with E-state index in [1.807, 2.05) is 0 Å². The summed E-state index contributed by atoms with van der Waals surface area (Å²) in [4.78, 5) is 2.22. The third kappa shape index (κ3) is 2.91. The minimum absolute atomic E-state index is 0.191. The smallest absolute Gasteiger partial charge is 0.129 e. The molecule has 2 aliphatic heterocycles. The van der Waals surface area contributed by atoms with Crippen molar-refractivity contribution in [1.82, 2.24) is 5.32 Å². The van der Waals surface area contributed by atoms with E-state index in [9.17, 15) is 0 Å². The van der Waals surface area contributed by atoms with Crippen molar-refractivity contribution in [3.05, 3.63) is 29.8 Å².